The molecule has 1 fully saturated rings. The maximum atomic E-state index is 11.6. The van der Waals surface area contributed by atoms with Crippen molar-refractivity contribution in [2.45, 2.75) is 18.9 Å². The highest BCUT2D eigenvalue weighted by molar-refractivity contribution is 5.92. The number of rotatable bonds is 2. The molecule has 4 nitrogen and oxygen atoms in total. The third-order valence-corrected chi connectivity index (χ3v) is 2.20. The lowest BCUT2D eigenvalue weighted by atomic mass is 10.4. The Labute approximate surface area is 76.6 Å². The van der Waals surface area contributed by atoms with Gasteiger partial charge >= 0.3 is 0 Å². The highest BCUT2D eigenvalue weighted by Gasteiger charge is 2.30. The van der Waals surface area contributed by atoms with Gasteiger partial charge in [-0.05, 0) is 12.8 Å². The zero-order chi connectivity index (χ0) is 9.26. The minimum Gasteiger partial charge on any atom is -0.337 e. The van der Waals surface area contributed by atoms with E-state index in [0.29, 0.717) is 11.7 Å². The summed E-state index contributed by atoms with van der Waals surface area (Å²) in [5, 5.41) is 0. The van der Waals surface area contributed by atoms with Crippen molar-refractivity contribution in [1.29, 1.82) is 0 Å². The van der Waals surface area contributed by atoms with E-state index in [4.69, 9.17) is 0 Å². The molecule has 1 aliphatic rings. The van der Waals surface area contributed by atoms with Gasteiger partial charge in [-0.1, -0.05) is 0 Å². The number of nitrogens with zero attached hydrogens (tertiary/aromatic N) is 3. The van der Waals surface area contributed by atoms with E-state index in [1.807, 2.05) is 7.05 Å². The van der Waals surface area contributed by atoms with Crippen LogP contribution in [-0.2, 0) is 0 Å². The Morgan fingerprint density at radius 1 is 1.54 bits per heavy atom. The van der Waals surface area contributed by atoms with E-state index in [1.165, 1.54) is 12.4 Å². The summed E-state index contributed by atoms with van der Waals surface area (Å²) in [5.41, 5.74) is 0.428. The van der Waals surface area contributed by atoms with Crippen molar-refractivity contribution in [3.05, 3.63) is 24.3 Å². The molecule has 0 aliphatic heterocycles. The zero-order valence-electron chi connectivity index (χ0n) is 7.47. The molecule has 0 bridgehead atoms. The lowest BCUT2D eigenvalue weighted by Crippen LogP contribution is -2.29. The quantitative estimate of drug-likeness (QED) is 0.668. The largest absolute Gasteiger partial charge is 0.337 e. The monoisotopic (exact) mass is 177 g/mol. The van der Waals surface area contributed by atoms with Gasteiger partial charge in [0.1, 0.15) is 5.69 Å². The van der Waals surface area contributed by atoms with Crippen LogP contribution >= 0.6 is 0 Å². The number of amides is 1. The summed E-state index contributed by atoms with van der Waals surface area (Å²) >= 11 is 0. The van der Waals surface area contributed by atoms with Crippen molar-refractivity contribution in [3.8, 4) is 0 Å². The minimum absolute atomic E-state index is 0.0319. The van der Waals surface area contributed by atoms with Gasteiger partial charge in [0.15, 0.2) is 0 Å². The molecule has 4 heteroatoms. The molecule has 0 spiro atoms. The fourth-order valence-corrected chi connectivity index (χ4v) is 1.22. The van der Waals surface area contributed by atoms with E-state index in [0.717, 1.165) is 12.8 Å². The maximum Gasteiger partial charge on any atom is 0.274 e. The molecular formula is C9H11N3O. The molecule has 0 radical (unpaired) electrons. The van der Waals surface area contributed by atoms with Crippen LogP contribution < -0.4 is 0 Å². The Morgan fingerprint density at radius 2 is 2.31 bits per heavy atom. The second kappa shape index (κ2) is 3.12. The Morgan fingerprint density at radius 3 is 2.85 bits per heavy atom. The molecule has 68 valence electrons. The number of hydrogen-bond acceptors (Lipinski definition) is 3. The van der Waals surface area contributed by atoms with Crippen LogP contribution in [0.4, 0.5) is 0 Å². The molecule has 0 aromatic carbocycles. The van der Waals surface area contributed by atoms with Gasteiger partial charge in [-0.15, -0.1) is 0 Å². The standard InChI is InChI=1S/C9H11N3O/c1-12(7-2-3-7)9(13)8-6-10-4-5-11-8/h4-7H,2-3H2,1H3. The van der Waals surface area contributed by atoms with Crippen LogP contribution in [0.1, 0.15) is 23.3 Å². The minimum atomic E-state index is -0.0319. The topological polar surface area (TPSA) is 46.1 Å². The fourth-order valence-electron chi connectivity index (χ4n) is 1.22. The first-order chi connectivity index (χ1) is 6.29. The highest BCUT2D eigenvalue weighted by atomic mass is 16.2. The van der Waals surface area contributed by atoms with Crippen LogP contribution in [0.5, 0.6) is 0 Å². The van der Waals surface area contributed by atoms with Gasteiger partial charge in [0.05, 0.1) is 6.20 Å². The van der Waals surface area contributed by atoms with Gasteiger partial charge in [-0.2, -0.15) is 0 Å². The summed E-state index contributed by atoms with van der Waals surface area (Å²) < 4.78 is 0. The molecule has 0 N–H and O–H groups in total. The molecule has 1 aromatic heterocycles. The summed E-state index contributed by atoms with van der Waals surface area (Å²) in [5.74, 6) is -0.0319. The predicted molar refractivity (Wildman–Crippen MR) is 47.1 cm³/mol. The van der Waals surface area contributed by atoms with Crippen molar-refractivity contribution >= 4 is 5.91 Å². The highest BCUT2D eigenvalue weighted by Crippen LogP contribution is 2.26. The molecule has 1 aromatic rings. The second-order valence-corrected chi connectivity index (χ2v) is 3.24. The van der Waals surface area contributed by atoms with Crippen molar-refractivity contribution in [2.24, 2.45) is 0 Å². The Bertz CT molecular complexity index is 308. The summed E-state index contributed by atoms with van der Waals surface area (Å²) in [6.45, 7) is 0. The van der Waals surface area contributed by atoms with E-state index in [9.17, 15) is 4.79 Å². The predicted octanol–water partition coefficient (Wildman–Crippen LogP) is 0.711. The average molecular weight is 177 g/mol. The van der Waals surface area contributed by atoms with Crippen molar-refractivity contribution in [2.75, 3.05) is 7.05 Å². The summed E-state index contributed by atoms with van der Waals surface area (Å²) in [6, 6.07) is 0.425. The molecule has 1 aliphatic carbocycles. The first kappa shape index (κ1) is 8.16. The lowest BCUT2D eigenvalue weighted by Gasteiger charge is -2.14. The number of carbonyl (C=O) groups excluding carboxylic acids is 1. The summed E-state index contributed by atoms with van der Waals surface area (Å²) in [4.78, 5) is 21.2. The Balaban J connectivity index is 2.12. The first-order valence-corrected chi connectivity index (χ1v) is 4.32. The van der Waals surface area contributed by atoms with Crippen molar-refractivity contribution < 1.29 is 4.79 Å². The van der Waals surface area contributed by atoms with Crippen LogP contribution in [0.2, 0.25) is 0 Å². The van der Waals surface area contributed by atoms with E-state index in [2.05, 4.69) is 9.97 Å². The Kier molecular flexibility index (Phi) is 1.96. The van der Waals surface area contributed by atoms with Crippen molar-refractivity contribution in [3.63, 3.8) is 0 Å². The van der Waals surface area contributed by atoms with Gasteiger partial charge in [0.2, 0.25) is 0 Å². The van der Waals surface area contributed by atoms with E-state index >= 15 is 0 Å². The fraction of sp³-hybridized carbons (Fsp3) is 0.444. The molecule has 13 heavy (non-hydrogen) atoms. The zero-order valence-corrected chi connectivity index (χ0v) is 7.47. The van der Waals surface area contributed by atoms with Crippen LogP contribution in [0.15, 0.2) is 18.6 Å². The first-order valence-electron chi connectivity index (χ1n) is 4.32. The van der Waals surface area contributed by atoms with E-state index in [1.54, 1.807) is 11.1 Å². The third kappa shape index (κ3) is 1.66. The molecule has 0 unspecified atom stereocenters. The number of aromatic nitrogens is 2. The molecule has 2 rings (SSSR count). The smallest absolute Gasteiger partial charge is 0.274 e. The van der Waals surface area contributed by atoms with Gasteiger partial charge < -0.3 is 4.90 Å². The summed E-state index contributed by atoms with van der Waals surface area (Å²) in [7, 11) is 1.81. The van der Waals surface area contributed by atoms with E-state index < -0.39 is 0 Å². The van der Waals surface area contributed by atoms with Gasteiger partial charge in [0.25, 0.3) is 5.91 Å². The molecule has 1 saturated carbocycles. The van der Waals surface area contributed by atoms with Gasteiger partial charge in [0, 0.05) is 25.5 Å². The SMILES string of the molecule is CN(C(=O)c1cnccn1)C1CC1. The number of carbonyl (C=O) groups is 1. The molecule has 1 heterocycles. The Hall–Kier alpha value is -1.45. The molecule has 0 atom stereocenters. The lowest BCUT2D eigenvalue weighted by molar-refractivity contribution is 0.0779. The molecular weight excluding hydrogens is 166 g/mol. The normalized spacial score (nSPS) is 15.5. The van der Waals surface area contributed by atoms with Crippen molar-refractivity contribution in [1.82, 2.24) is 14.9 Å². The number of hydrogen-bond donors (Lipinski definition) is 0. The van der Waals surface area contributed by atoms with Gasteiger partial charge in [-0.25, -0.2) is 4.98 Å². The van der Waals surface area contributed by atoms with Crippen LogP contribution in [0.3, 0.4) is 0 Å². The molecule has 1 amide bonds. The van der Waals surface area contributed by atoms with E-state index in [-0.39, 0.29) is 5.91 Å². The van der Waals surface area contributed by atoms with Gasteiger partial charge in [-0.3, -0.25) is 9.78 Å². The maximum absolute atomic E-state index is 11.6. The van der Waals surface area contributed by atoms with Crippen LogP contribution in [0.25, 0.3) is 0 Å². The summed E-state index contributed by atoms with van der Waals surface area (Å²) in [6.07, 6.45) is 6.83. The average Bonchev–Trinajstić information content (AvgIpc) is 3.00. The third-order valence-electron chi connectivity index (χ3n) is 2.20. The van der Waals surface area contributed by atoms with Crippen LogP contribution in [0, 0.1) is 0 Å². The second-order valence-electron chi connectivity index (χ2n) is 3.24. The molecule has 0 saturated heterocycles. The van der Waals surface area contributed by atoms with Crippen LogP contribution in [-0.4, -0.2) is 33.9 Å².